The summed E-state index contributed by atoms with van der Waals surface area (Å²) in [6.45, 7) is 1.77. The quantitative estimate of drug-likeness (QED) is 0.583. The molecule has 12 heavy (non-hydrogen) atoms. The number of likely N-dealkylation sites (tertiary alicyclic amines) is 1. The van der Waals surface area contributed by atoms with Crippen LogP contribution < -0.4 is 0 Å². The molecule has 1 atom stereocenters. The number of rotatable bonds is 3. The topological polar surface area (TPSA) is 49.8 Å². The maximum atomic E-state index is 11.2. The predicted molar refractivity (Wildman–Crippen MR) is 43.6 cm³/mol. The maximum absolute atomic E-state index is 11.2. The molecule has 4 nitrogen and oxygen atoms in total. The Bertz CT molecular complexity index is 160. The Labute approximate surface area is 72.1 Å². The molecular weight excluding hydrogens is 158 g/mol. The molecule has 1 aliphatic heterocycles. The molecule has 0 saturated carbocycles. The first-order valence-electron chi connectivity index (χ1n) is 4.20. The number of nitrogens with zero attached hydrogens (tertiary/aromatic N) is 1. The van der Waals surface area contributed by atoms with Crippen molar-refractivity contribution in [2.45, 2.75) is 6.42 Å². The monoisotopic (exact) mass is 173 g/mol. The van der Waals surface area contributed by atoms with Gasteiger partial charge >= 0.3 is 5.97 Å². The number of hydrogen-bond acceptors (Lipinski definition) is 4. The van der Waals surface area contributed by atoms with Crippen molar-refractivity contribution in [3.63, 3.8) is 0 Å². The number of aliphatic hydroxyl groups excluding tert-OH is 1. The van der Waals surface area contributed by atoms with Crippen LogP contribution in [0.25, 0.3) is 0 Å². The van der Waals surface area contributed by atoms with Crippen LogP contribution in [0, 0.1) is 5.92 Å². The molecule has 0 aromatic heterocycles. The minimum atomic E-state index is -0.173. The molecular formula is C8H15NO3. The summed E-state index contributed by atoms with van der Waals surface area (Å²) in [5.41, 5.74) is 0. The van der Waals surface area contributed by atoms with E-state index < -0.39 is 0 Å². The van der Waals surface area contributed by atoms with Gasteiger partial charge in [-0.25, -0.2) is 0 Å². The molecule has 4 heteroatoms. The van der Waals surface area contributed by atoms with Crippen LogP contribution in [0.15, 0.2) is 0 Å². The first-order chi connectivity index (χ1) is 5.74. The van der Waals surface area contributed by atoms with Gasteiger partial charge in [-0.1, -0.05) is 0 Å². The van der Waals surface area contributed by atoms with Crippen LogP contribution in [0.1, 0.15) is 6.42 Å². The summed E-state index contributed by atoms with van der Waals surface area (Å²) >= 11 is 0. The van der Waals surface area contributed by atoms with Crippen molar-refractivity contribution >= 4 is 5.97 Å². The van der Waals surface area contributed by atoms with Gasteiger partial charge in [0.05, 0.1) is 12.5 Å². The normalized spacial score (nSPS) is 24.3. The van der Waals surface area contributed by atoms with E-state index in [1.54, 1.807) is 0 Å². The zero-order chi connectivity index (χ0) is 8.97. The Kier molecular flexibility index (Phi) is 3.49. The van der Waals surface area contributed by atoms with Gasteiger partial charge < -0.3 is 14.7 Å². The molecule has 1 N–H and O–H groups in total. The zero-order valence-corrected chi connectivity index (χ0v) is 7.32. The molecule has 1 saturated heterocycles. The second kappa shape index (κ2) is 4.42. The third-order valence-corrected chi connectivity index (χ3v) is 2.06. The van der Waals surface area contributed by atoms with Gasteiger partial charge in [0.15, 0.2) is 0 Å². The second-order valence-electron chi connectivity index (χ2n) is 3.14. The smallest absolute Gasteiger partial charge is 0.310 e. The molecule has 0 aromatic carbocycles. The number of aliphatic hydroxyl groups is 1. The molecule has 1 aliphatic rings. The Morgan fingerprint density at radius 3 is 3.00 bits per heavy atom. The van der Waals surface area contributed by atoms with Gasteiger partial charge in [-0.2, -0.15) is 0 Å². The highest BCUT2D eigenvalue weighted by atomic mass is 16.5. The fraction of sp³-hybridized carbons (Fsp3) is 0.875. The molecule has 1 unspecified atom stereocenters. The molecule has 0 amide bonds. The lowest BCUT2D eigenvalue weighted by atomic mass is 10.1. The molecule has 0 radical (unpaired) electrons. The van der Waals surface area contributed by atoms with E-state index in [2.05, 4.69) is 4.90 Å². The standard InChI is InChI=1S/C8H15NO3/c1-9-3-2-7(6-9)8(11)12-5-4-10/h7,10H,2-6H2,1H3. The molecule has 0 bridgehead atoms. The van der Waals surface area contributed by atoms with Gasteiger partial charge in [0.1, 0.15) is 6.61 Å². The van der Waals surface area contributed by atoms with E-state index in [1.165, 1.54) is 0 Å². The van der Waals surface area contributed by atoms with E-state index in [1.807, 2.05) is 7.05 Å². The van der Waals surface area contributed by atoms with Crippen molar-refractivity contribution in [3.05, 3.63) is 0 Å². The molecule has 0 aromatic rings. The number of esters is 1. The Hall–Kier alpha value is -0.610. The highest BCUT2D eigenvalue weighted by molar-refractivity contribution is 5.73. The number of hydrogen-bond donors (Lipinski definition) is 1. The van der Waals surface area contributed by atoms with E-state index in [-0.39, 0.29) is 25.1 Å². The van der Waals surface area contributed by atoms with Crippen LogP contribution in [-0.4, -0.2) is 49.3 Å². The van der Waals surface area contributed by atoms with Crippen molar-refractivity contribution in [2.24, 2.45) is 5.92 Å². The van der Waals surface area contributed by atoms with Gasteiger partial charge in [0.2, 0.25) is 0 Å². The van der Waals surface area contributed by atoms with Crippen LogP contribution >= 0.6 is 0 Å². The van der Waals surface area contributed by atoms with Gasteiger partial charge in [-0.05, 0) is 20.0 Å². The lowest BCUT2D eigenvalue weighted by Crippen LogP contribution is -2.22. The van der Waals surface area contributed by atoms with Crippen LogP contribution in [0.3, 0.4) is 0 Å². The molecule has 1 rings (SSSR count). The fourth-order valence-electron chi connectivity index (χ4n) is 1.39. The van der Waals surface area contributed by atoms with Gasteiger partial charge in [-0.3, -0.25) is 4.79 Å². The van der Waals surface area contributed by atoms with Gasteiger partial charge in [0.25, 0.3) is 0 Å². The molecule has 1 heterocycles. The maximum Gasteiger partial charge on any atom is 0.310 e. The van der Waals surface area contributed by atoms with Crippen LogP contribution in [0.4, 0.5) is 0 Å². The lowest BCUT2D eigenvalue weighted by Gasteiger charge is -2.09. The highest BCUT2D eigenvalue weighted by Gasteiger charge is 2.26. The van der Waals surface area contributed by atoms with Crippen LogP contribution in [0.5, 0.6) is 0 Å². The van der Waals surface area contributed by atoms with E-state index in [9.17, 15) is 4.79 Å². The molecule has 0 aliphatic carbocycles. The fourth-order valence-corrected chi connectivity index (χ4v) is 1.39. The van der Waals surface area contributed by atoms with E-state index >= 15 is 0 Å². The number of carbonyl (C=O) groups excluding carboxylic acids is 1. The van der Waals surface area contributed by atoms with Crippen molar-refractivity contribution < 1.29 is 14.6 Å². The van der Waals surface area contributed by atoms with E-state index in [0.29, 0.717) is 0 Å². The first-order valence-corrected chi connectivity index (χ1v) is 4.20. The van der Waals surface area contributed by atoms with Crippen molar-refractivity contribution in [1.82, 2.24) is 4.90 Å². The van der Waals surface area contributed by atoms with E-state index in [0.717, 1.165) is 19.5 Å². The summed E-state index contributed by atoms with van der Waals surface area (Å²) < 4.78 is 4.81. The molecule has 1 fully saturated rings. The summed E-state index contributed by atoms with van der Waals surface area (Å²) in [5, 5.41) is 8.42. The Morgan fingerprint density at radius 2 is 2.50 bits per heavy atom. The summed E-state index contributed by atoms with van der Waals surface area (Å²) in [5.74, 6) is -0.157. The largest absolute Gasteiger partial charge is 0.463 e. The van der Waals surface area contributed by atoms with Crippen molar-refractivity contribution in [1.29, 1.82) is 0 Å². The third kappa shape index (κ3) is 2.46. The summed E-state index contributed by atoms with van der Waals surface area (Å²) in [7, 11) is 1.99. The Balaban J connectivity index is 2.23. The summed E-state index contributed by atoms with van der Waals surface area (Å²) in [6, 6.07) is 0. The van der Waals surface area contributed by atoms with E-state index in [4.69, 9.17) is 9.84 Å². The van der Waals surface area contributed by atoms with Gasteiger partial charge in [-0.15, -0.1) is 0 Å². The summed E-state index contributed by atoms with van der Waals surface area (Å²) in [6.07, 6.45) is 0.876. The zero-order valence-electron chi connectivity index (χ0n) is 7.32. The summed E-state index contributed by atoms with van der Waals surface area (Å²) in [4.78, 5) is 13.3. The van der Waals surface area contributed by atoms with Crippen molar-refractivity contribution in [2.75, 3.05) is 33.4 Å². The average molecular weight is 173 g/mol. The predicted octanol–water partition coefficient (Wildman–Crippen LogP) is -0.526. The van der Waals surface area contributed by atoms with Gasteiger partial charge in [0, 0.05) is 6.54 Å². The lowest BCUT2D eigenvalue weighted by molar-refractivity contribution is -0.149. The molecule has 0 spiro atoms. The third-order valence-electron chi connectivity index (χ3n) is 2.06. The minimum absolute atomic E-state index is 0.0153. The first kappa shape index (κ1) is 9.48. The Morgan fingerprint density at radius 1 is 1.75 bits per heavy atom. The number of carbonyl (C=O) groups is 1. The highest BCUT2D eigenvalue weighted by Crippen LogP contribution is 2.15. The SMILES string of the molecule is CN1CCC(C(=O)OCCO)C1. The minimum Gasteiger partial charge on any atom is -0.463 e. The average Bonchev–Trinajstić information content (AvgIpc) is 2.47. The molecule has 70 valence electrons. The number of ether oxygens (including phenoxy) is 1. The van der Waals surface area contributed by atoms with Crippen LogP contribution in [-0.2, 0) is 9.53 Å². The van der Waals surface area contributed by atoms with Crippen molar-refractivity contribution in [3.8, 4) is 0 Å². The second-order valence-corrected chi connectivity index (χ2v) is 3.14. The van der Waals surface area contributed by atoms with Crippen LogP contribution in [0.2, 0.25) is 0 Å².